The number of carbonyl (C=O) groups is 2. The Morgan fingerprint density at radius 3 is 2.49 bits per heavy atom. The number of methoxy groups -OCH3 is 2. The van der Waals surface area contributed by atoms with Crippen LogP contribution in [0.15, 0.2) is 18.2 Å². The van der Waals surface area contributed by atoms with Crippen molar-refractivity contribution in [2.75, 3.05) is 40.5 Å². The highest BCUT2D eigenvalue weighted by atomic mass is 16.5. The number of nitrogens with zero attached hydrogens (tertiary/aromatic N) is 1. The van der Waals surface area contributed by atoms with E-state index in [1.54, 1.807) is 14.2 Å². The fourth-order valence-corrected chi connectivity index (χ4v) is 4.52. The fourth-order valence-electron chi connectivity index (χ4n) is 4.52. The van der Waals surface area contributed by atoms with E-state index in [1.807, 2.05) is 23.1 Å². The molecule has 0 aromatic heterocycles. The maximum absolute atomic E-state index is 13.6. The Labute approximate surface area is 210 Å². The highest BCUT2D eigenvalue weighted by molar-refractivity contribution is 5.80. The molecule has 2 amide bonds. The molecule has 2 aliphatic rings. The summed E-state index contributed by atoms with van der Waals surface area (Å²) in [6.07, 6.45) is 4.00. The second-order valence-electron chi connectivity index (χ2n) is 11.0. The smallest absolute Gasteiger partial charge is 0.227 e. The second-order valence-corrected chi connectivity index (χ2v) is 11.0. The Kier molecular flexibility index (Phi) is 9.80. The van der Waals surface area contributed by atoms with Gasteiger partial charge in [-0.15, -0.1) is 0 Å². The van der Waals surface area contributed by atoms with Crippen LogP contribution in [0.25, 0.3) is 0 Å². The van der Waals surface area contributed by atoms with Crippen molar-refractivity contribution in [3.8, 4) is 11.5 Å². The van der Waals surface area contributed by atoms with Gasteiger partial charge in [-0.1, -0.05) is 20.8 Å². The first-order valence-corrected chi connectivity index (χ1v) is 12.8. The lowest BCUT2D eigenvalue weighted by Crippen LogP contribution is -2.53. The molecule has 35 heavy (non-hydrogen) atoms. The third-order valence-electron chi connectivity index (χ3n) is 6.32. The minimum absolute atomic E-state index is 0.0301. The van der Waals surface area contributed by atoms with Crippen LogP contribution in [0.4, 0.5) is 0 Å². The normalized spacial score (nSPS) is 20.3. The van der Waals surface area contributed by atoms with Crippen molar-refractivity contribution in [1.82, 2.24) is 15.5 Å². The molecule has 1 heterocycles. The average molecular weight is 490 g/mol. The summed E-state index contributed by atoms with van der Waals surface area (Å²) in [6.45, 7) is 9.23. The van der Waals surface area contributed by atoms with Crippen LogP contribution in [-0.2, 0) is 20.9 Å². The van der Waals surface area contributed by atoms with Gasteiger partial charge in [-0.25, -0.2) is 0 Å². The second kappa shape index (κ2) is 12.6. The van der Waals surface area contributed by atoms with Crippen LogP contribution in [-0.4, -0.2) is 69.3 Å². The zero-order valence-corrected chi connectivity index (χ0v) is 22.0. The molecule has 0 bridgehead atoms. The van der Waals surface area contributed by atoms with Crippen LogP contribution >= 0.6 is 0 Å². The lowest BCUT2D eigenvalue weighted by atomic mass is 9.90. The minimum Gasteiger partial charge on any atom is -0.497 e. The Hall–Kier alpha value is -2.32. The number of benzene rings is 1. The summed E-state index contributed by atoms with van der Waals surface area (Å²) in [5.74, 6) is 1.50. The van der Waals surface area contributed by atoms with Crippen LogP contribution < -0.4 is 20.1 Å². The largest absolute Gasteiger partial charge is 0.497 e. The summed E-state index contributed by atoms with van der Waals surface area (Å²) in [5, 5.41) is 6.49. The van der Waals surface area contributed by atoms with Gasteiger partial charge in [-0.05, 0) is 42.4 Å². The number of hydrogen-bond acceptors (Lipinski definition) is 6. The van der Waals surface area contributed by atoms with E-state index in [1.165, 1.54) is 0 Å². The molecule has 1 aromatic carbocycles. The van der Waals surface area contributed by atoms with Crippen LogP contribution in [0, 0.1) is 11.3 Å². The van der Waals surface area contributed by atoms with Crippen molar-refractivity contribution in [3.63, 3.8) is 0 Å². The number of carbonyl (C=O) groups excluding carboxylic acids is 2. The summed E-state index contributed by atoms with van der Waals surface area (Å²) in [5.41, 5.74) is 0.929. The molecule has 0 unspecified atom stereocenters. The number of ether oxygens (including phenoxy) is 3. The predicted octanol–water partition coefficient (Wildman–Crippen LogP) is 3.13. The van der Waals surface area contributed by atoms with E-state index in [9.17, 15) is 9.59 Å². The van der Waals surface area contributed by atoms with Gasteiger partial charge in [-0.2, -0.15) is 0 Å². The molecule has 2 fully saturated rings. The summed E-state index contributed by atoms with van der Waals surface area (Å²) >= 11 is 0. The highest BCUT2D eigenvalue weighted by Gasteiger charge is 2.38. The van der Waals surface area contributed by atoms with Crippen LogP contribution in [0.1, 0.15) is 58.4 Å². The van der Waals surface area contributed by atoms with Crippen molar-refractivity contribution in [2.24, 2.45) is 11.3 Å². The van der Waals surface area contributed by atoms with Crippen molar-refractivity contribution in [2.45, 2.75) is 71.5 Å². The molecule has 3 rings (SSSR count). The first kappa shape index (κ1) is 27.3. The molecule has 8 nitrogen and oxygen atoms in total. The molecule has 2 N–H and O–H groups in total. The number of piperidine rings is 1. The molecule has 2 atom stereocenters. The van der Waals surface area contributed by atoms with Crippen LogP contribution in [0.2, 0.25) is 0 Å². The van der Waals surface area contributed by atoms with E-state index >= 15 is 0 Å². The third-order valence-corrected chi connectivity index (χ3v) is 6.32. The molecule has 1 saturated carbocycles. The standard InChI is InChI=1S/C27H43N3O5/c1-27(2,3)15-25(31)29-21-13-20(16-28-17-21)26(32)30(22-7-8-22)18-19-11-23(34-5)14-24(12-19)35-10-6-9-33-4/h11-12,14,20-22,28H,6-10,13,15-18H2,1-5H3,(H,29,31)/t20-,21+/m0/s1. The zero-order valence-electron chi connectivity index (χ0n) is 22.0. The molecule has 1 aliphatic carbocycles. The van der Waals surface area contributed by atoms with Gasteiger partial charge in [0.15, 0.2) is 0 Å². The number of rotatable bonds is 12. The predicted molar refractivity (Wildman–Crippen MR) is 136 cm³/mol. The van der Waals surface area contributed by atoms with E-state index in [2.05, 4.69) is 31.4 Å². The third kappa shape index (κ3) is 9.00. The Morgan fingerprint density at radius 1 is 1.09 bits per heavy atom. The summed E-state index contributed by atoms with van der Waals surface area (Å²) in [6, 6.07) is 6.08. The van der Waals surface area contributed by atoms with Crippen LogP contribution in [0.3, 0.4) is 0 Å². The molecular formula is C27H43N3O5. The van der Waals surface area contributed by atoms with Gasteiger partial charge >= 0.3 is 0 Å². The molecule has 0 radical (unpaired) electrons. The number of amides is 2. The summed E-state index contributed by atoms with van der Waals surface area (Å²) < 4.78 is 16.5. The molecule has 1 aromatic rings. The van der Waals surface area contributed by atoms with E-state index in [-0.39, 0.29) is 35.2 Å². The number of nitrogens with one attached hydrogen (secondary N) is 2. The molecule has 8 heteroatoms. The lowest BCUT2D eigenvalue weighted by molar-refractivity contribution is -0.138. The van der Waals surface area contributed by atoms with Gasteiger partial charge in [0.1, 0.15) is 11.5 Å². The highest BCUT2D eigenvalue weighted by Crippen LogP contribution is 2.32. The minimum atomic E-state index is -0.153. The van der Waals surface area contributed by atoms with Gasteiger partial charge < -0.3 is 29.7 Å². The SMILES string of the molecule is COCCCOc1cc(CN(C(=O)[C@@H]2CNC[C@H](NC(=O)CC(C)(C)C)C2)C2CC2)cc(OC)c1. The first-order valence-electron chi connectivity index (χ1n) is 12.8. The van der Waals surface area contributed by atoms with E-state index in [4.69, 9.17) is 14.2 Å². The van der Waals surface area contributed by atoms with E-state index in [0.717, 1.165) is 30.6 Å². The molecule has 1 aliphatic heterocycles. The number of hydrogen-bond donors (Lipinski definition) is 2. The Bertz CT molecular complexity index is 850. The molecule has 0 spiro atoms. The van der Waals surface area contributed by atoms with E-state index < -0.39 is 0 Å². The quantitative estimate of drug-likeness (QED) is 0.439. The summed E-state index contributed by atoms with van der Waals surface area (Å²) in [7, 11) is 3.32. The monoisotopic (exact) mass is 489 g/mol. The van der Waals surface area contributed by atoms with Crippen molar-refractivity contribution in [1.29, 1.82) is 0 Å². The average Bonchev–Trinajstić information content (AvgIpc) is 3.64. The van der Waals surface area contributed by atoms with Crippen molar-refractivity contribution in [3.05, 3.63) is 23.8 Å². The van der Waals surface area contributed by atoms with E-state index in [0.29, 0.717) is 51.4 Å². The van der Waals surface area contributed by atoms with Crippen molar-refractivity contribution < 1.29 is 23.8 Å². The fraction of sp³-hybridized carbons (Fsp3) is 0.704. The zero-order chi connectivity index (χ0) is 25.4. The lowest BCUT2D eigenvalue weighted by Gasteiger charge is -2.34. The van der Waals surface area contributed by atoms with Gasteiger partial charge in [0.25, 0.3) is 0 Å². The van der Waals surface area contributed by atoms with Gasteiger partial charge in [-0.3, -0.25) is 9.59 Å². The summed E-state index contributed by atoms with van der Waals surface area (Å²) in [4.78, 5) is 28.1. The molecular weight excluding hydrogens is 446 g/mol. The van der Waals surface area contributed by atoms with Gasteiger partial charge in [0.2, 0.25) is 11.8 Å². The van der Waals surface area contributed by atoms with Gasteiger partial charge in [0.05, 0.1) is 19.6 Å². The van der Waals surface area contributed by atoms with Crippen LogP contribution in [0.5, 0.6) is 11.5 Å². The molecule has 196 valence electrons. The Morgan fingerprint density at radius 2 is 1.83 bits per heavy atom. The maximum atomic E-state index is 13.6. The van der Waals surface area contributed by atoms with Crippen molar-refractivity contribution >= 4 is 11.8 Å². The van der Waals surface area contributed by atoms with Gasteiger partial charge in [0, 0.05) is 64.3 Å². The Balaban J connectivity index is 1.64. The first-order chi connectivity index (χ1) is 16.7. The molecule has 1 saturated heterocycles. The topological polar surface area (TPSA) is 89.1 Å². The maximum Gasteiger partial charge on any atom is 0.227 e.